The summed E-state index contributed by atoms with van der Waals surface area (Å²) >= 11 is 0. The first-order valence-electron chi connectivity index (χ1n) is 13.0. The SMILES string of the molecule is CO[C@@H]1O[C@H](COc2cc(C)cc(C)c2)[C@@H](C)[C@@H](Oc2cc(C)cc(C)c2)[C@H]1Oc1cc(C)cc(C)c1. The molecule has 0 radical (unpaired) electrons. The van der Waals surface area contributed by atoms with Crippen molar-refractivity contribution in [3.8, 4) is 17.2 Å². The van der Waals surface area contributed by atoms with Gasteiger partial charge in [-0.05, 0) is 111 Å². The molecule has 0 aliphatic carbocycles. The minimum Gasteiger partial charge on any atom is -0.491 e. The Labute approximate surface area is 221 Å². The van der Waals surface area contributed by atoms with E-state index in [1.807, 2.05) is 24.3 Å². The minimum absolute atomic E-state index is 0.0333. The summed E-state index contributed by atoms with van der Waals surface area (Å²) in [4.78, 5) is 0. The molecule has 1 fully saturated rings. The summed E-state index contributed by atoms with van der Waals surface area (Å²) in [5, 5.41) is 0. The van der Waals surface area contributed by atoms with Crippen molar-refractivity contribution in [2.24, 2.45) is 5.92 Å². The molecule has 3 aromatic carbocycles. The van der Waals surface area contributed by atoms with Gasteiger partial charge < -0.3 is 23.7 Å². The molecular formula is C32H40O5. The second-order valence-corrected chi connectivity index (χ2v) is 10.6. The number of hydrogen-bond acceptors (Lipinski definition) is 5. The van der Waals surface area contributed by atoms with Gasteiger partial charge in [0.15, 0.2) is 12.4 Å². The van der Waals surface area contributed by atoms with Crippen LogP contribution in [-0.2, 0) is 9.47 Å². The van der Waals surface area contributed by atoms with E-state index in [0.29, 0.717) is 6.61 Å². The largest absolute Gasteiger partial charge is 0.491 e. The van der Waals surface area contributed by atoms with Gasteiger partial charge in [0.1, 0.15) is 36.1 Å². The van der Waals surface area contributed by atoms with Crippen LogP contribution in [0.4, 0.5) is 0 Å². The molecule has 0 saturated carbocycles. The summed E-state index contributed by atoms with van der Waals surface area (Å²) < 4.78 is 31.7. The van der Waals surface area contributed by atoms with Crippen LogP contribution in [0.2, 0.25) is 0 Å². The smallest absolute Gasteiger partial charge is 0.198 e. The third-order valence-corrected chi connectivity index (χ3v) is 6.78. The molecule has 1 heterocycles. The molecule has 0 spiro atoms. The van der Waals surface area contributed by atoms with Crippen molar-refractivity contribution < 1.29 is 23.7 Å². The zero-order valence-electron chi connectivity index (χ0n) is 23.3. The second kappa shape index (κ2) is 11.6. The van der Waals surface area contributed by atoms with E-state index in [-0.39, 0.29) is 18.1 Å². The van der Waals surface area contributed by atoms with Crippen molar-refractivity contribution in [1.82, 2.24) is 0 Å². The number of aryl methyl sites for hydroxylation is 6. The lowest BCUT2D eigenvalue weighted by atomic mass is 9.90. The topological polar surface area (TPSA) is 46.2 Å². The molecule has 37 heavy (non-hydrogen) atoms. The quantitative estimate of drug-likeness (QED) is 0.337. The van der Waals surface area contributed by atoms with E-state index >= 15 is 0 Å². The highest BCUT2D eigenvalue weighted by Crippen LogP contribution is 2.34. The van der Waals surface area contributed by atoms with Gasteiger partial charge in [-0.2, -0.15) is 0 Å². The van der Waals surface area contributed by atoms with Crippen LogP contribution in [0.25, 0.3) is 0 Å². The number of methoxy groups -OCH3 is 1. The van der Waals surface area contributed by atoms with Crippen LogP contribution in [0.3, 0.4) is 0 Å². The average molecular weight is 505 g/mol. The van der Waals surface area contributed by atoms with Gasteiger partial charge in [0.25, 0.3) is 0 Å². The maximum Gasteiger partial charge on any atom is 0.198 e. The Hall–Kier alpha value is -3.02. The summed E-state index contributed by atoms with van der Waals surface area (Å²) in [6.07, 6.45) is -1.67. The molecule has 5 heteroatoms. The molecule has 4 rings (SSSR count). The fourth-order valence-electron chi connectivity index (χ4n) is 5.23. The zero-order chi connectivity index (χ0) is 26.7. The van der Waals surface area contributed by atoms with E-state index in [2.05, 4.69) is 78.8 Å². The molecule has 0 amide bonds. The number of benzene rings is 3. The van der Waals surface area contributed by atoms with Gasteiger partial charge in [-0.25, -0.2) is 0 Å². The Morgan fingerprint density at radius 1 is 0.595 bits per heavy atom. The van der Waals surface area contributed by atoms with Gasteiger partial charge >= 0.3 is 0 Å². The van der Waals surface area contributed by atoms with E-state index in [0.717, 1.165) is 39.5 Å². The van der Waals surface area contributed by atoms with E-state index in [1.165, 1.54) is 11.1 Å². The number of hydrogen-bond donors (Lipinski definition) is 0. The lowest BCUT2D eigenvalue weighted by Crippen LogP contribution is -2.59. The lowest BCUT2D eigenvalue weighted by molar-refractivity contribution is -0.268. The predicted molar refractivity (Wildman–Crippen MR) is 147 cm³/mol. The summed E-state index contributed by atoms with van der Waals surface area (Å²) in [6, 6.07) is 18.7. The Morgan fingerprint density at radius 2 is 1.00 bits per heavy atom. The molecule has 5 atom stereocenters. The highest BCUT2D eigenvalue weighted by atomic mass is 16.7. The fraction of sp³-hybridized carbons (Fsp3) is 0.438. The fourth-order valence-corrected chi connectivity index (χ4v) is 5.23. The van der Waals surface area contributed by atoms with Crippen molar-refractivity contribution >= 4 is 0 Å². The Morgan fingerprint density at radius 3 is 1.43 bits per heavy atom. The highest BCUT2D eigenvalue weighted by Gasteiger charge is 2.47. The van der Waals surface area contributed by atoms with Crippen molar-refractivity contribution in [3.63, 3.8) is 0 Å². The van der Waals surface area contributed by atoms with Crippen molar-refractivity contribution in [2.45, 2.75) is 73.1 Å². The molecule has 0 bridgehead atoms. The Balaban J connectivity index is 1.63. The molecular weight excluding hydrogens is 464 g/mol. The maximum absolute atomic E-state index is 6.69. The molecule has 0 aromatic heterocycles. The molecule has 5 nitrogen and oxygen atoms in total. The highest BCUT2D eigenvalue weighted by molar-refractivity contribution is 5.35. The normalized spacial score (nSPS) is 23.5. The number of rotatable bonds is 8. The Bertz CT molecular complexity index is 1160. The minimum atomic E-state index is -0.624. The van der Waals surface area contributed by atoms with Crippen LogP contribution in [0, 0.1) is 47.5 Å². The average Bonchev–Trinajstić information content (AvgIpc) is 2.79. The van der Waals surface area contributed by atoms with E-state index in [4.69, 9.17) is 23.7 Å². The van der Waals surface area contributed by atoms with Gasteiger partial charge in [0.05, 0.1) is 0 Å². The molecule has 3 aromatic rings. The summed E-state index contributed by atoms with van der Waals surface area (Å²) in [7, 11) is 1.65. The maximum atomic E-state index is 6.69. The summed E-state index contributed by atoms with van der Waals surface area (Å²) in [5.41, 5.74) is 6.92. The van der Waals surface area contributed by atoms with Gasteiger partial charge in [-0.3, -0.25) is 0 Å². The molecule has 0 unspecified atom stereocenters. The van der Waals surface area contributed by atoms with E-state index in [9.17, 15) is 0 Å². The van der Waals surface area contributed by atoms with Crippen LogP contribution in [0.5, 0.6) is 17.2 Å². The van der Waals surface area contributed by atoms with Crippen LogP contribution < -0.4 is 14.2 Å². The van der Waals surface area contributed by atoms with E-state index in [1.54, 1.807) is 7.11 Å². The molecule has 198 valence electrons. The van der Waals surface area contributed by atoms with Crippen molar-refractivity contribution in [2.75, 3.05) is 13.7 Å². The second-order valence-electron chi connectivity index (χ2n) is 10.6. The molecule has 0 N–H and O–H groups in total. The summed E-state index contributed by atoms with van der Waals surface area (Å²) in [5.74, 6) is 2.39. The third kappa shape index (κ3) is 6.85. The van der Waals surface area contributed by atoms with Crippen LogP contribution in [-0.4, -0.2) is 38.3 Å². The molecule has 1 aliphatic heterocycles. The van der Waals surface area contributed by atoms with Crippen LogP contribution in [0.15, 0.2) is 54.6 Å². The van der Waals surface area contributed by atoms with E-state index < -0.39 is 12.4 Å². The van der Waals surface area contributed by atoms with Gasteiger partial charge in [0.2, 0.25) is 0 Å². The first kappa shape index (κ1) is 27.0. The monoisotopic (exact) mass is 504 g/mol. The Kier molecular flexibility index (Phi) is 8.46. The van der Waals surface area contributed by atoms with Crippen LogP contribution in [0.1, 0.15) is 40.3 Å². The third-order valence-electron chi connectivity index (χ3n) is 6.78. The first-order valence-corrected chi connectivity index (χ1v) is 13.0. The molecule has 1 saturated heterocycles. The lowest BCUT2D eigenvalue weighted by Gasteiger charge is -2.44. The van der Waals surface area contributed by atoms with Crippen LogP contribution >= 0.6 is 0 Å². The van der Waals surface area contributed by atoms with Gasteiger partial charge in [-0.1, -0.05) is 25.1 Å². The molecule has 1 aliphatic rings. The number of ether oxygens (including phenoxy) is 5. The van der Waals surface area contributed by atoms with Gasteiger partial charge in [-0.15, -0.1) is 0 Å². The van der Waals surface area contributed by atoms with Crippen molar-refractivity contribution in [3.05, 3.63) is 88.0 Å². The summed E-state index contributed by atoms with van der Waals surface area (Å²) in [6.45, 7) is 14.9. The predicted octanol–water partition coefficient (Wildman–Crippen LogP) is 6.82. The standard InChI is InChI=1S/C32H40O5/c1-19-9-20(2)13-26(12-19)34-18-29-25(7)30(35-27-14-21(3)10-22(4)15-27)31(32(33-8)37-29)36-28-16-23(5)11-24(6)17-28/h9-17,25,29-32H,18H2,1-8H3/t25-,29-,30-,31-,32-/m1/s1. The van der Waals surface area contributed by atoms with Crippen molar-refractivity contribution in [1.29, 1.82) is 0 Å². The van der Waals surface area contributed by atoms with Gasteiger partial charge in [0, 0.05) is 13.0 Å². The zero-order valence-corrected chi connectivity index (χ0v) is 23.3. The first-order chi connectivity index (χ1) is 17.6.